The molecule has 0 amide bonds. The lowest BCUT2D eigenvalue weighted by molar-refractivity contribution is 0.245. The summed E-state index contributed by atoms with van der Waals surface area (Å²) in [4.78, 5) is 18.0. The van der Waals surface area contributed by atoms with E-state index in [1.807, 2.05) is 19.0 Å². The monoisotopic (exact) mass is 265 g/mol. The van der Waals surface area contributed by atoms with E-state index in [4.69, 9.17) is 10.6 Å². The maximum atomic E-state index is 5.44. The topological polar surface area (TPSA) is 120 Å². The summed E-state index contributed by atoms with van der Waals surface area (Å²) in [5.41, 5.74) is 2.35. The number of rotatable bonds is 6. The number of hydrogen-bond donors (Lipinski definition) is 2. The number of hydrazine groups is 1. The summed E-state index contributed by atoms with van der Waals surface area (Å²) in [6, 6.07) is 0.176. The van der Waals surface area contributed by atoms with Gasteiger partial charge in [0.15, 0.2) is 0 Å². The summed E-state index contributed by atoms with van der Waals surface area (Å²) >= 11 is 0. The number of nitrogens with two attached hydrogens (primary N) is 1. The van der Waals surface area contributed by atoms with E-state index in [-0.39, 0.29) is 17.9 Å². The Hall–Kier alpha value is -2.33. The van der Waals surface area contributed by atoms with Gasteiger partial charge in [-0.05, 0) is 14.1 Å². The van der Waals surface area contributed by atoms with E-state index in [1.54, 1.807) is 0 Å². The molecule has 2 aromatic rings. The number of nitrogens with one attached hydrogen (secondary N) is 1. The van der Waals surface area contributed by atoms with Gasteiger partial charge < -0.3 is 9.64 Å². The predicted octanol–water partition coefficient (Wildman–Crippen LogP) is -1.32. The van der Waals surface area contributed by atoms with Gasteiger partial charge in [0, 0.05) is 6.54 Å². The first kappa shape index (κ1) is 13.1. The van der Waals surface area contributed by atoms with E-state index in [9.17, 15) is 0 Å². The fourth-order valence-electron chi connectivity index (χ4n) is 1.21. The van der Waals surface area contributed by atoms with E-state index < -0.39 is 0 Å². The number of likely N-dealkylation sites (N-methyl/N-ethyl adjacent to an activating group) is 1. The summed E-state index contributed by atoms with van der Waals surface area (Å²) in [6.07, 6.45) is 2.85. The lowest BCUT2D eigenvalue weighted by atomic mass is 10.6. The van der Waals surface area contributed by atoms with Crippen LogP contribution in [-0.4, -0.2) is 61.9 Å². The highest BCUT2D eigenvalue weighted by molar-refractivity contribution is 5.27. The van der Waals surface area contributed by atoms with Crippen molar-refractivity contribution < 1.29 is 4.74 Å². The van der Waals surface area contributed by atoms with Crippen molar-refractivity contribution >= 4 is 5.95 Å². The van der Waals surface area contributed by atoms with Crippen LogP contribution in [0.5, 0.6) is 6.01 Å². The van der Waals surface area contributed by atoms with Crippen LogP contribution in [0.15, 0.2) is 12.7 Å². The average molecular weight is 265 g/mol. The van der Waals surface area contributed by atoms with Crippen LogP contribution in [0.25, 0.3) is 5.95 Å². The van der Waals surface area contributed by atoms with Crippen molar-refractivity contribution in [1.82, 2.24) is 34.6 Å². The minimum atomic E-state index is 0.176. The van der Waals surface area contributed by atoms with Gasteiger partial charge in [-0.15, -0.1) is 0 Å². The number of aromatic nitrogens is 6. The molecule has 0 saturated heterocycles. The molecule has 2 rings (SSSR count). The smallest absolute Gasteiger partial charge is 0.323 e. The third-order valence-corrected chi connectivity index (χ3v) is 2.13. The lowest BCUT2D eigenvalue weighted by Gasteiger charge is -2.10. The van der Waals surface area contributed by atoms with Crippen molar-refractivity contribution in [2.45, 2.75) is 0 Å². The number of ether oxygens (including phenoxy) is 1. The molecular formula is C9H15N9O. The molecule has 3 N–H and O–H groups in total. The SMILES string of the molecule is CN(C)CCOc1nc(NN)nc(-n2cncn2)n1. The van der Waals surface area contributed by atoms with Crippen LogP contribution in [0, 0.1) is 0 Å². The van der Waals surface area contributed by atoms with Crippen molar-refractivity contribution in [2.24, 2.45) is 5.84 Å². The van der Waals surface area contributed by atoms with Crippen LogP contribution in [0.2, 0.25) is 0 Å². The second-order valence-corrected chi connectivity index (χ2v) is 3.88. The lowest BCUT2D eigenvalue weighted by Crippen LogP contribution is -2.21. The van der Waals surface area contributed by atoms with Crippen LogP contribution in [0.3, 0.4) is 0 Å². The van der Waals surface area contributed by atoms with Gasteiger partial charge in [-0.2, -0.15) is 24.7 Å². The van der Waals surface area contributed by atoms with Crippen LogP contribution in [-0.2, 0) is 0 Å². The first-order valence-electron chi connectivity index (χ1n) is 5.54. The fraction of sp³-hybridized carbons (Fsp3) is 0.444. The Morgan fingerprint density at radius 2 is 2.21 bits per heavy atom. The molecule has 19 heavy (non-hydrogen) atoms. The molecule has 10 heteroatoms. The standard InChI is InChI=1S/C9H15N9O/c1-17(2)3-4-19-9-14-7(16-10)13-8(15-9)18-6-11-5-12-18/h5-6H,3-4,10H2,1-2H3,(H,13,14,15,16). The van der Waals surface area contributed by atoms with Gasteiger partial charge >= 0.3 is 6.01 Å². The molecule has 0 unspecified atom stereocenters. The predicted molar refractivity (Wildman–Crippen MR) is 66.6 cm³/mol. The third-order valence-electron chi connectivity index (χ3n) is 2.13. The Balaban J connectivity index is 2.16. The molecule has 2 heterocycles. The van der Waals surface area contributed by atoms with Gasteiger partial charge in [0.1, 0.15) is 19.3 Å². The molecule has 102 valence electrons. The second kappa shape index (κ2) is 6.02. The van der Waals surface area contributed by atoms with Gasteiger partial charge in [-0.3, -0.25) is 5.43 Å². The fourth-order valence-corrected chi connectivity index (χ4v) is 1.21. The summed E-state index contributed by atoms with van der Waals surface area (Å²) in [5.74, 6) is 5.78. The molecule has 0 aliphatic carbocycles. The Kier molecular flexibility index (Phi) is 4.15. The minimum absolute atomic E-state index is 0.176. The van der Waals surface area contributed by atoms with Crippen LogP contribution < -0.4 is 16.0 Å². The van der Waals surface area contributed by atoms with Crippen LogP contribution in [0.4, 0.5) is 5.95 Å². The Morgan fingerprint density at radius 3 is 2.84 bits per heavy atom. The van der Waals surface area contributed by atoms with E-state index in [2.05, 4.69) is 30.5 Å². The minimum Gasteiger partial charge on any atom is -0.462 e. The van der Waals surface area contributed by atoms with Crippen molar-refractivity contribution in [3.05, 3.63) is 12.7 Å². The highest BCUT2D eigenvalue weighted by Crippen LogP contribution is 2.09. The number of anilines is 1. The number of nitrogens with zero attached hydrogens (tertiary/aromatic N) is 7. The summed E-state index contributed by atoms with van der Waals surface area (Å²) < 4.78 is 6.83. The Morgan fingerprint density at radius 1 is 1.37 bits per heavy atom. The first-order valence-corrected chi connectivity index (χ1v) is 5.54. The molecular weight excluding hydrogens is 250 g/mol. The van der Waals surface area contributed by atoms with E-state index in [0.29, 0.717) is 6.61 Å². The molecule has 0 fully saturated rings. The van der Waals surface area contributed by atoms with Gasteiger partial charge in [0.05, 0.1) is 0 Å². The first-order chi connectivity index (χ1) is 9.19. The third kappa shape index (κ3) is 3.56. The van der Waals surface area contributed by atoms with Gasteiger partial charge in [0.25, 0.3) is 5.95 Å². The summed E-state index contributed by atoms with van der Waals surface area (Å²) in [5, 5.41) is 3.93. The maximum Gasteiger partial charge on any atom is 0.323 e. The van der Waals surface area contributed by atoms with E-state index in [0.717, 1.165) is 6.54 Å². The van der Waals surface area contributed by atoms with Gasteiger partial charge in [-0.25, -0.2) is 10.8 Å². The quantitative estimate of drug-likeness (QED) is 0.483. The molecule has 0 bridgehead atoms. The molecule has 0 aromatic carbocycles. The van der Waals surface area contributed by atoms with Crippen molar-refractivity contribution in [2.75, 3.05) is 32.7 Å². The zero-order valence-corrected chi connectivity index (χ0v) is 10.7. The van der Waals surface area contributed by atoms with Gasteiger partial charge in [0.2, 0.25) is 5.95 Å². The van der Waals surface area contributed by atoms with Crippen molar-refractivity contribution in [3.63, 3.8) is 0 Å². The van der Waals surface area contributed by atoms with Crippen molar-refractivity contribution in [3.8, 4) is 12.0 Å². The maximum absolute atomic E-state index is 5.44. The molecule has 10 nitrogen and oxygen atoms in total. The molecule has 0 radical (unpaired) electrons. The number of hydrogen-bond acceptors (Lipinski definition) is 9. The molecule has 0 spiro atoms. The molecule has 0 saturated carbocycles. The van der Waals surface area contributed by atoms with Crippen LogP contribution in [0.1, 0.15) is 0 Å². The van der Waals surface area contributed by atoms with E-state index >= 15 is 0 Å². The highest BCUT2D eigenvalue weighted by Gasteiger charge is 2.09. The van der Waals surface area contributed by atoms with E-state index in [1.165, 1.54) is 17.3 Å². The molecule has 0 aliphatic heterocycles. The molecule has 0 atom stereocenters. The van der Waals surface area contributed by atoms with Gasteiger partial charge in [-0.1, -0.05) is 0 Å². The molecule has 2 aromatic heterocycles. The summed E-state index contributed by atoms with van der Waals surface area (Å²) in [6.45, 7) is 1.20. The normalized spacial score (nSPS) is 10.7. The van der Waals surface area contributed by atoms with Crippen molar-refractivity contribution in [1.29, 1.82) is 0 Å². The largest absolute Gasteiger partial charge is 0.462 e. The zero-order chi connectivity index (χ0) is 13.7. The van der Waals surface area contributed by atoms with Crippen LogP contribution >= 0.6 is 0 Å². The average Bonchev–Trinajstić information content (AvgIpc) is 2.92. The Labute approximate surface area is 109 Å². The highest BCUT2D eigenvalue weighted by atomic mass is 16.5. The second-order valence-electron chi connectivity index (χ2n) is 3.88. The molecule has 0 aliphatic rings. The zero-order valence-electron chi connectivity index (χ0n) is 10.7. The number of nitrogen functional groups attached to an aromatic ring is 1. The summed E-state index contributed by atoms with van der Waals surface area (Å²) in [7, 11) is 3.90. The Bertz CT molecular complexity index is 512.